The van der Waals surface area contributed by atoms with Crippen molar-refractivity contribution in [2.24, 2.45) is 0 Å². The van der Waals surface area contributed by atoms with Crippen LogP contribution < -0.4 is 5.48 Å². The van der Waals surface area contributed by atoms with E-state index >= 15 is 0 Å². The van der Waals surface area contributed by atoms with E-state index in [1.54, 1.807) is 6.08 Å². The third-order valence-electron chi connectivity index (χ3n) is 4.16. The largest absolute Gasteiger partial charge is 0.277 e. The van der Waals surface area contributed by atoms with E-state index < -0.39 is 0 Å². The molecule has 0 unspecified atom stereocenters. The Hall–Kier alpha value is -3.18. The maximum absolute atomic E-state index is 11.7. The van der Waals surface area contributed by atoms with Crippen molar-refractivity contribution in [1.82, 2.24) is 15.3 Å². The van der Waals surface area contributed by atoms with Gasteiger partial charge in [0.2, 0.25) is 0 Å². The zero-order chi connectivity index (χ0) is 18.5. The molecule has 0 bridgehead atoms. The molecule has 5 nitrogen and oxygen atoms in total. The minimum Gasteiger partial charge on any atom is -0.277 e. The van der Waals surface area contributed by atoms with Crippen LogP contribution in [0.15, 0.2) is 60.8 Å². The average Bonchev–Trinajstić information content (AvgIpc) is 3.07. The molecular formula is C21H21N3O2. The van der Waals surface area contributed by atoms with Crippen LogP contribution in [0, 0.1) is 13.8 Å². The van der Waals surface area contributed by atoms with Gasteiger partial charge in [0.05, 0.1) is 18.5 Å². The van der Waals surface area contributed by atoms with Gasteiger partial charge in [0.25, 0.3) is 5.91 Å². The molecule has 0 saturated heterocycles. The van der Waals surface area contributed by atoms with Crippen molar-refractivity contribution in [3.63, 3.8) is 0 Å². The monoisotopic (exact) mass is 347 g/mol. The zero-order valence-electron chi connectivity index (χ0n) is 15.1. The summed E-state index contributed by atoms with van der Waals surface area (Å²) >= 11 is 0. The molecule has 132 valence electrons. The number of para-hydroxylation sites is 1. The van der Waals surface area contributed by atoms with Crippen molar-refractivity contribution in [2.75, 3.05) is 7.11 Å². The molecule has 2 aromatic carbocycles. The van der Waals surface area contributed by atoms with Crippen LogP contribution in [-0.2, 0) is 9.63 Å². The summed E-state index contributed by atoms with van der Waals surface area (Å²) in [7, 11) is 1.40. The topological polar surface area (TPSA) is 56.1 Å². The molecule has 0 radical (unpaired) electrons. The summed E-state index contributed by atoms with van der Waals surface area (Å²) in [6.45, 7) is 4.16. The SMILES string of the molecule is CONC(=O)/C=C/c1cn(-c2ccccc2)nc1-c1ccc(C)c(C)c1. The molecule has 0 aliphatic heterocycles. The number of aromatic nitrogens is 2. The molecular weight excluding hydrogens is 326 g/mol. The summed E-state index contributed by atoms with van der Waals surface area (Å²) < 4.78 is 1.82. The number of hydrogen-bond acceptors (Lipinski definition) is 3. The summed E-state index contributed by atoms with van der Waals surface area (Å²) in [5, 5.41) is 4.75. The third-order valence-corrected chi connectivity index (χ3v) is 4.16. The highest BCUT2D eigenvalue weighted by atomic mass is 16.6. The number of hydroxylamine groups is 1. The van der Waals surface area contributed by atoms with Gasteiger partial charge in [-0.3, -0.25) is 9.63 Å². The molecule has 26 heavy (non-hydrogen) atoms. The van der Waals surface area contributed by atoms with E-state index in [0.717, 1.165) is 22.5 Å². The third kappa shape index (κ3) is 3.90. The molecule has 1 N–H and O–H groups in total. The van der Waals surface area contributed by atoms with Crippen LogP contribution in [0.1, 0.15) is 16.7 Å². The van der Waals surface area contributed by atoms with Crippen LogP contribution in [-0.4, -0.2) is 22.8 Å². The molecule has 3 rings (SSSR count). The molecule has 1 amide bonds. The highest BCUT2D eigenvalue weighted by molar-refractivity contribution is 5.92. The van der Waals surface area contributed by atoms with Gasteiger partial charge in [0, 0.05) is 23.4 Å². The number of benzene rings is 2. The van der Waals surface area contributed by atoms with Gasteiger partial charge in [-0.25, -0.2) is 10.2 Å². The fourth-order valence-corrected chi connectivity index (χ4v) is 2.64. The summed E-state index contributed by atoms with van der Waals surface area (Å²) in [5.41, 5.74) is 8.34. The van der Waals surface area contributed by atoms with Crippen molar-refractivity contribution < 1.29 is 9.63 Å². The Morgan fingerprint density at radius 3 is 2.58 bits per heavy atom. The molecule has 3 aromatic rings. The van der Waals surface area contributed by atoms with Crippen LogP contribution in [0.5, 0.6) is 0 Å². The van der Waals surface area contributed by atoms with E-state index in [9.17, 15) is 4.79 Å². The summed E-state index contributed by atoms with van der Waals surface area (Å²) in [4.78, 5) is 16.3. The van der Waals surface area contributed by atoms with Gasteiger partial charge in [-0.1, -0.05) is 30.3 Å². The van der Waals surface area contributed by atoms with Gasteiger partial charge in [-0.2, -0.15) is 5.10 Å². The number of carbonyl (C=O) groups is 1. The number of aryl methyl sites for hydroxylation is 2. The minimum atomic E-state index is -0.328. The maximum Gasteiger partial charge on any atom is 0.267 e. The number of nitrogens with zero attached hydrogens (tertiary/aromatic N) is 2. The first kappa shape index (κ1) is 17.6. The van der Waals surface area contributed by atoms with Gasteiger partial charge < -0.3 is 0 Å². The number of amides is 1. The van der Waals surface area contributed by atoms with Gasteiger partial charge in [-0.15, -0.1) is 0 Å². The van der Waals surface area contributed by atoms with Crippen LogP contribution in [0.3, 0.4) is 0 Å². The molecule has 0 spiro atoms. The van der Waals surface area contributed by atoms with Crippen molar-refractivity contribution in [2.45, 2.75) is 13.8 Å². The lowest BCUT2D eigenvalue weighted by atomic mass is 10.0. The quantitative estimate of drug-likeness (QED) is 0.563. The number of rotatable bonds is 5. The Morgan fingerprint density at radius 2 is 1.88 bits per heavy atom. The summed E-state index contributed by atoms with van der Waals surface area (Å²) in [6.07, 6.45) is 5.09. The highest BCUT2D eigenvalue weighted by Gasteiger charge is 2.11. The molecule has 0 fully saturated rings. The Labute approximate surface area is 152 Å². The van der Waals surface area contributed by atoms with Crippen LogP contribution in [0.2, 0.25) is 0 Å². The Bertz CT molecular complexity index is 943. The van der Waals surface area contributed by atoms with Crippen molar-refractivity contribution in [1.29, 1.82) is 0 Å². The predicted molar refractivity (Wildman–Crippen MR) is 103 cm³/mol. The lowest BCUT2D eigenvalue weighted by Gasteiger charge is -2.04. The fourth-order valence-electron chi connectivity index (χ4n) is 2.64. The van der Waals surface area contributed by atoms with Gasteiger partial charge in [-0.05, 0) is 49.2 Å². The summed E-state index contributed by atoms with van der Waals surface area (Å²) in [5.74, 6) is -0.328. The maximum atomic E-state index is 11.7. The van der Waals surface area contributed by atoms with Crippen molar-refractivity contribution in [3.8, 4) is 16.9 Å². The zero-order valence-corrected chi connectivity index (χ0v) is 15.1. The number of hydrogen-bond donors (Lipinski definition) is 1. The van der Waals surface area contributed by atoms with E-state index in [-0.39, 0.29) is 5.91 Å². The van der Waals surface area contributed by atoms with Crippen molar-refractivity contribution >= 4 is 12.0 Å². The second-order valence-electron chi connectivity index (χ2n) is 6.02. The lowest BCUT2D eigenvalue weighted by Crippen LogP contribution is -2.18. The Morgan fingerprint density at radius 1 is 1.12 bits per heavy atom. The van der Waals surface area contributed by atoms with Gasteiger partial charge >= 0.3 is 0 Å². The standard InChI is InChI=1S/C21H21N3O2/c1-15-9-10-17(13-16(15)2)21-18(11-12-20(25)23-26-3)14-24(22-21)19-7-5-4-6-8-19/h4-14H,1-3H3,(H,23,25)/b12-11+. The van der Waals surface area contributed by atoms with Gasteiger partial charge in [0.15, 0.2) is 0 Å². The fraction of sp³-hybridized carbons (Fsp3) is 0.143. The first-order chi connectivity index (χ1) is 12.6. The smallest absolute Gasteiger partial charge is 0.267 e. The van der Waals surface area contributed by atoms with E-state index in [1.165, 1.54) is 24.3 Å². The molecule has 0 aliphatic carbocycles. The molecule has 0 saturated carbocycles. The average molecular weight is 347 g/mol. The van der Waals surface area contributed by atoms with Crippen LogP contribution >= 0.6 is 0 Å². The van der Waals surface area contributed by atoms with Crippen molar-refractivity contribution in [3.05, 3.63) is 77.5 Å². The Kier molecular flexibility index (Phi) is 5.29. The number of carbonyl (C=O) groups excluding carboxylic acids is 1. The normalized spacial score (nSPS) is 11.0. The predicted octanol–water partition coefficient (Wildman–Crippen LogP) is 3.85. The van der Waals surface area contributed by atoms with E-state index in [2.05, 4.69) is 36.3 Å². The highest BCUT2D eigenvalue weighted by Crippen LogP contribution is 2.26. The summed E-state index contributed by atoms with van der Waals surface area (Å²) in [6, 6.07) is 16.1. The van der Waals surface area contributed by atoms with E-state index in [4.69, 9.17) is 5.10 Å². The molecule has 0 atom stereocenters. The van der Waals surface area contributed by atoms with Crippen LogP contribution in [0.4, 0.5) is 0 Å². The molecule has 1 heterocycles. The van der Waals surface area contributed by atoms with Gasteiger partial charge in [0.1, 0.15) is 0 Å². The van der Waals surface area contributed by atoms with E-state index in [1.807, 2.05) is 47.3 Å². The van der Waals surface area contributed by atoms with E-state index in [0.29, 0.717) is 0 Å². The molecule has 1 aromatic heterocycles. The second-order valence-corrected chi connectivity index (χ2v) is 6.02. The lowest BCUT2D eigenvalue weighted by molar-refractivity contribution is -0.126. The Balaban J connectivity index is 2.06. The minimum absolute atomic E-state index is 0.328. The first-order valence-electron chi connectivity index (χ1n) is 8.32. The number of nitrogens with one attached hydrogen (secondary N) is 1. The van der Waals surface area contributed by atoms with Crippen LogP contribution in [0.25, 0.3) is 23.0 Å². The first-order valence-corrected chi connectivity index (χ1v) is 8.32. The second kappa shape index (κ2) is 7.80. The molecule has 0 aliphatic rings. The molecule has 5 heteroatoms.